The highest BCUT2D eigenvalue weighted by Crippen LogP contribution is 2.21. The molecule has 2 aromatic rings. The minimum atomic E-state index is -4.02. The van der Waals surface area contributed by atoms with E-state index < -0.39 is 15.8 Å². The fraction of sp³-hybridized carbons (Fsp3) is 0.316. The SMILES string of the molecule is Cc1ccc(S(=O)(=O)Nc2ccccc2F)cc1C(=O)NC1CCNCC1.Cl. The van der Waals surface area contributed by atoms with E-state index in [0.717, 1.165) is 25.9 Å². The van der Waals surface area contributed by atoms with Crippen molar-refractivity contribution in [3.05, 3.63) is 59.4 Å². The minimum Gasteiger partial charge on any atom is -0.349 e. The average molecular weight is 428 g/mol. The molecule has 152 valence electrons. The molecule has 1 aliphatic rings. The fourth-order valence-corrected chi connectivity index (χ4v) is 4.08. The molecule has 0 radical (unpaired) electrons. The van der Waals surface area contributed by atoms with Gasteiger partial charge in [0.15, 0.2) is 0 Å². The number of hydrogen-bond acceptors (Lipinski definition) is 4. The molecule has 6 nitrogen and oxygen atoms in total. The van der Waals surface area contributed by atoms with E-state index >= 15 is 0 Å². The summed E-state index contributed by atoms with van der Waals surface area (Å²) in [6.45, 7) is 3.42. The number of rotatable bonds is 5. The lowest BCUT2D eigenvalue weighted by Crippen LogP contribution is -2.42. The van der Waals surface area contributed by atoms with E-state index in [0.29, 0.717) is 11.1 Å². The Bertz CT molecular complexity index is 947. The number of aryl methyl sites for hydroxylation is 1. The van der Waals surface area contributed by atoms with Crippen molar-refractivity contribution < 1.29 is 17.6 Å². The van der Waals surface area contributed by atoms with Gasteiger partial charge in [-0.3, -0.25) is 9.52 Å². The maximum atomic E-state index is 13.8. The summed E-state index contributed by atoms with van der Waals surface area (Å²) in [6, 6.07) is 9.89. The molecule has 1 heterocycles. The molecule has 2 aromatic carbocycles. The van der Waals surface area contributed by atoms with Gasteiger partial charge in [-0.1, -0.05) is 18.2 Å². The van der Waals surface area contributed by atoms with E-state index in [2.05, 4.69) is 15.4 Å². The Morgan fingerprint density at radius 2 is 1.82 bits per heavy atom. The molecule has 3 rings (SSSR count). The second-order valence-electron chi connectivity index (χ2n) is 6.56. The lowest BCUT2D eigenvalue weighted by Gasteiger charge is -2.24. The molecule has 0 saturated carbocycles. The van der Waals surface area contributed by atoms with Crippen LogP contribution in [0.4, 0.5) is 10.1 Å². The van der Waals surface area contributed by atoms with E-state index in [4.69, 9.17) is 0 Å². The highest BCUT2D eigenvalue weighted by atomic mass is 35.5. The Kier molecular flexibility index (Phi) is 7.40. The number of piperidine rings is 1. The minimum absolute atomic E-state index is 0. The van der Waals surface area contributed by atoms with E-state index in [9.17, 15) is 17.6 Å². The lowest BCUT2D eigenvalue weighted by molar-refractivity contribution is 0.0928. The number of amides is 1. The van der Waals surface area contributed by atoms with Crippen molar-refractivity contribution in [2.75, 3.05) is 17.8 Å². The summed E-state index contributed by atoms with van der Waals surface area (Å²) < 4.78 is 41.2. The summed E-state index contributed by atoms with van der Waals surface area (Å²) in [5, 5.41) is 6.19. The highest BCUT2D eigenvalue weighted by Gasteiger charge is 2.21. The van der Waals surface area contributed by atoms with Crippen LogP contribution in [-0.2, 0) is 10.0 Å². The summed E-state index contributed by atoms with van der Waals surface area (Å²) in [4.78, 5) is 12.5. The van der Waals surface area contributed by atoms with Gasteiger partial charge in [0.05, 0.1) is 10.6 Å². The first-order valence-corrected chi connectivity index (χ1v) is 10.2. The van der Waals surface area contributed by atoms with Crippen LogP contribution in [0.15, 0.2) is 47.4 Å². The van der Waals surface area contributed by atoms with E-state index in [1.165, 1.54) is 36.4 Å². The zero-order valence-corrected chi connectivity index (χ0v) is 17.0. The van der Waals surface area contributed by atoms with Gasteiger partial charge >= 0.3 is 0 Å². The van der Waals surface area contributed by atoms with Crippen molar-refractivity contribution >= 4 is 34.0 Å². The van der Waals surface area contributed by atoms with E-state index in [1.54, 1.807) is 13.0 Å². The number of carbonyl (C=O) groups excluding carboxylic acids is 1. The highest BCUT2D eigenvalue weighted by molar-refractivity contribution is 7.92. The number of carbonyl (C=O) groups is 1. The zero-order valence-electron chi connectivity index (χ0n) is 15.4. The van der Waals surface area contributed by atoms with Gasteiger partial charge in [0.2, 0.25) is 0 Å². The maximum Gasteiger partial charge on any atom is 0.262 e. The molecule has 1 saturated heterocycles. The molecule has 0 bridgehead atoms. The van der Waals surface area contributed by atoms with Crippen LogP contribution in [0.5, 0.6) is 0 Å². The molecule has 0 spiro atoms. The van der Waals surface area contributed by atoms with Gasteiger partial charge in [-0.15, -0.1) is 12.4 Å². The van der Waals surface area contributed by atoms with Crippen molar-refractivity contribution in [3.63, 3.8) is 0 Å². The number of para-hydroxylation sites is 1. The molecule has 3 N–H and O–H groups in total. The van der Waals surface area contributed by atoms with Gasteiger partial charge < -0.3 is 10.6 Å². The smallest absolute Gasteiger partial charge is 0.262 e. The van der Waals surface area contributed by atoms with Crippen LogP contribution in [0.3, 0.4) is 0 Å². The van der Waals surface area contributed by atoms with Crippen LogP contribution in [0.1, 0.15) is 28.8 Å². The summed E-state index contributed by atoms with van der Waals surface area (Å²) in [5.74, 6) is -0.973. The molecule has 1 amide bonds. The van der Waals surface area contributed by atoms with Gasteiger partial charge in [0, 0.05) is 11.6 Å². The second-order valence-corrected chi connectivity index (χ2v) is 8.24. The lowest BCUT2D eigenvalue weighted by atomic mass is 10.0. The summed E-state index contributed by atoms with van der Waals surface area (Å²) in [6.07, 6.45) is 1.66. The summed E-state index contributed by atoms with van der Waals surface area (Å²) in [5.41, 5.74) is 0.829. The third-order valence-corrected chi connectivity index (χ3v) is 5.92. The fourth-order valence-electron chi connectivity index (χ4n) is 2.99. The average Bonchev–Trinajstić information content (AvgIpc) is 2.64. The molecule has 9 heteroatoms. The van der Waals surface area contributed by atoms with Crippen molar-refractivity contribution in [3.8, 4) is 0 Å². The van der Waals surface area contributed by atoms with E-state index in [1.807, 2.05) is 0 Å². The largest absolute Gasteiger partial charge is 0.349 e. The molecule has 0 unspecified atom stereocenters. The van der Waals surface area contributed by atoms with Gasteiger partial charge in [-0.2, -0.15) is 0 Å². The Morgan fingerprint density at radius 3 is 2.50 bits per heavy atom. The Labute approximate surface area is 170 Å². The predicted octanol–water partition coefficient (Wildman–Crippen LogP) is 2.84. The van der Waals surface area contributed by atoms with Crippen molar-refractivity contribution in [1.82, 2.24) is 10.6 Å². The van der Waals surface area contributed by atoms with Crippen molar-refractivity contribution in [2.24, 2.45) is 0 Å². The molecule has 1 fully saturated rings. The van der Waals surface area contributed by atoms with E-state index in [-0.39, 0.29) is 34.9 Å². The molecule has 0 aromatic heterocycles. The van der Waals surface area contributed by atoms with Crippen molar-refractivity contribution in [1.29, 1.82) is 0 Å². The van der Waals surface area contributed by atoms with Crippen LogP contribution in [0.2, 0.25) is 0 Å². The van der Waals surface area contributed by atoms with Crippen LogP contribution in [-0.4, -0.2) is 33.5 Å². The third kappa shape index (κ3) is 5.21. The molecule has 0 atom stereocenters. The van der Waals surface area contributed by atoms with Crippen LogP contribution in [0, 0.1) is 12.7 Å². The van der Waals surface area contributed by atoms with Gasteiger partial charge in [0.25, 0.3) is 15.9 Å². The number of hydrogen-bond donors (Lipinski definition) is 3. The summed E-state index contributed by atoms with van der Waals surface area (Å²) in [7, 11) is -4.02. The standard InChI is InChI=1S/C19H22FN3O3S.ClH/c1-13-6-7-15(27(25,26)23-18-5-3-2-4-17(18)20)12-16(13)19(24)22-14-8-10-21-11-9-14;/h2-7,12,14,21,23H,8-11H2,1H3,(H,22,24);1H. The Morgan fingerprint density at radius 1 is 1.14 bits per heavy atom. The van der Waals surface area contributed by atoms with Gasteiger partial charge in [-0.25, -0.2) is 12.8 Å². The molecule has 28 heavy (non-hydrogen) atoms. The van der Waals surface area contributed by atoms with Gasteiger partial charge in [0.1, 0.15) is 5.82 Å². The number of nitrogens with one attached hydrogen (secondary N) is 3. The second kappa shape index (κ2) is 9.36. The maximum absolute atomic E-state index is 13.8. The quantitative estimate of drug-likeness (QED) is 0.684. The normalized spacial score (nSPS) is 14.8. The number of sulfonamides is 1. The molecular formula is C19H23ClFN3O3S. The zero-order chi connectivity index (χ0) is 19.4. The molecular weight excluding hydrogens is 405 g/mol. The number of anilines is 1. The first-order valence-electron chi connectivity index (χ1n) is 8.76. The number of benzene rings is 2. The Hall–Kier alpha value is -2.16. The third-order valence-electron chi connectivity index (χ3n) is 4.56. The van der Waals surface area contributed by atoms with Crippen LogP contribution >= 0.6 is 12.4 Å². The predicted molar refractivity (Wildman–Crippen MR) is 109 cm³/mol. The first kappa shape index (κ1) is 22.1. The Balaban J connectivity index is 0.00000280. The first-order chi connectivity index (χ1) is 12.9. The van der Waals surface area contributed by atoms with Crippen LogP contribution < -0.4 is 15.4 Å². The number of halogens is 2. The molecule has 1 aliphatic heterocycles. The van der Waals surface area contributed by atoms with Crippen LogP contribution in [0.25, 0.3) is 0 Å². The van der Waals surface area contributed by atoms with Gasteiger partial charge in [-0.05, 0) is 62.7 Å². The summed E-state index contributed by atoms with van der Waals surface area (Å²) >= 11 is 0. The van der Waals surface area contributed by atoms with Crippen molar-refractivity contribution in [2.45, 2.75) is 30.7 Å². The topological polar surface area (TPSA) is 87.3 Å². The monoisotopic (exact) mass is 427 g/mol. The molecule has 0 aliphatic carbocycles.